The summed E-state index contributed by atoms with van der Waals surface area (Å²) >= 11 is 0. The lowest BCUT2D eigenvalue weighted by Gasteiger charge is -2.62. The van der Waals surface area contributed by atoms with E-state index >= 15 is 13.2 Å². The summed E-state index contributed by atoms with van der Waals surface area (Å²) in [5.74, 6) is -9.35. The topological polar surface area (TPSA) is 92.3 Å². The van der Waals surface area contributed by atoms with Gasteiger partial charge in [0.15, 0.2) is 17.5 Å². The first kappa shape index (κ1) is 36.7. The van der Waals surface area contributed by atoms with Crippen molar-refractivity contribution < 1.29 is 74.3 Å². The minimum absolute atomic E-state index is 0.0547. The van der Waals surface area contributed by atoms with Crippen molar-refractivity contribution in [3.05, 3.63) is 11.3 Å². The molecule has 10 nitrogen and oxygen atoms in total. The van der Waals surface area contributed by atoms with E-state index in [4.69, 9.17) is 48.0 Å². The molecule has 0 N–H and O–H groups in total. The first-order chi connectivity index (χ1) is 23.9. The Morgan fingerprint density at radius 3 is 1.94 bits per heavy atom. The zero-order valence-corrected chi connectivity index (χ0v) is 29.5. The van der Waals surface area contributed by atoms with Crippen molar-refractivity contribution in [2.45, 2.75) is 146 Å². The fourth-order valence-electron chi connectivity index (χ4n) is 11.0. The summed E-state index contributed by atoms with van der Waals surface area (Å²) in [6, 6.07) is 0. The molecule has 290 valence electrons. The van der Waals surface area contributed by atoms with Gasteiger partial charge in [0, 0.05) is 48.7 Å². The Balaban J connectivity index is 0.982. The number of ether oxygens (including phenoxy) is 6. The number of hydrogen-bond acceptors (Lipinski definition) is 10. The van der Waals surface area contributed by atoms with Crippen LogP contribution < -0.4 is 0 Å². The van der Waals surface area contributed by atoms with Crippen LogP contribution in [0.4, 0.5) is 26.3 Å². The Bertz CT molecular complexity index is 1400. The van der Waals surface area contributed by atoms with Crippen LogP contribution >= 0.6 is 0 Å². The Morgan fingerprint density at radius 2 is 1.29 bits per heavy atom. The first-order valence-corrected chi connectivity index (χ1v) is 18.4. The van der Waals surface area contributed by atoms with Crippen LogP contribution in [0, 0.1) is 41.4 Å². The second kappa shape index (κ2) is 12.1. The van der Waals surface area contributed by atoms with Crippen molar-refractivity contribution in [1.29, 1.82) is 0 Å². The number of hydrogen-bond donors (Lipinski definition) is 0. The minimum atomic E-state index is -4.95. The van der Waals surface area contributed by atoms with E-state index in [9.17, 15) is 13.2 Å². The highest BCUT2D eigenvalue weighted by Crippen LogP contribution is 2.65. The number of halogens is 6. The van der Waals surface area contributed by atoms with Crippen molar-refractivity contribution in [3.8, 4) is 0 Å². The predicted octanol–water partition coefficient (Wildman–Crippen LogP) is 7.61. The minimum Gasteiger partial charge on any atom is -0.456 e. The summed E-state index contributed by atoms with van der Waals surface area (Å²) in [4.78, 5) is 23.4. The maximum atomic E-state index is 15.2. The molecule has 10 rings (SSSR count). The zero-order valence-electron chi connectivity index (χ0n) is 29.5. The van der Waals surface area contributed by atoms with Gasteiger partial charge in [-0.3, -0.25) is 0 Å². The lowest BCUT2D eigenvalue weighted by molar-refractivity contribution is -0.598. The van der Waals surface area contributed by atoms with E-state index in [1.165, 1.54) is 6.92 Å². The quantitative estimate of drug-likeness (QED) is 0.148. The molecule has 0 radical (unpaired) electrons. The summed E-state index contributed by atoms with van der Waals surface area (Å²) in [5, 5.41) is 0. The van der Waals surface area contributed by atoms with Gasteiger partial charge in [0.05, 0.1) is 13.2 Å². The molecular formula is C35H48F6O10. The Hall–Kier alpha value is -1.24. The summed E-state index contributed by atoms with van der Waals surface area (Å²) in [6.45, 7) is 7.73. The van der Waals surface area contributed by atoms with Crippen LogP contribution in [-0.4, -0.2) is 73.3 Å². The highest BCUT2D eigenvalue weighted by atomic mass is 19.4. The van der Waals surface area contributed by atoms with E-state index in [1.54, 1.807) is 13.8 Å². The Kier molecular flexibility index (Phi) is 8.73. The molecule has 14 atom stereocenters. The molecule has 7 saturated heterocycles. The Labute approximate surface area is 292 Å². The van der Waals surface area contributed by atoms with Gasteiger partial charge in [0.2, 0.25) is 23.6 Å². The molecule has 2 spiro atoms. The molecule has 5 unspecified atom stereocenters. The molecule has 0 aromatic rings. The summed E-state index contributed by atoms with van der Waals surface area (Å²) in [6.07, 6.45) is -8.23. The van der Waals surface area contributed by atoms with Crippen LogP contribution in [0.25, 0.3) is 0 Å². The van der Waals surface area contributed by atoms with Gasteiger partial charge in [0.25, 0.3) is 5.79 Å². The maximum absolute atomic E-state index is 15.2. The third-order valence-corrected chi connectivity index (χ3v) is 13.6. The van der Waals surface area contributed by atoms with Gasteiger partial charge in [-0.25, -0.2) is 19.6 Å². The third kappa shape index (κ3) is 5.38. The molecule has 10 aliphatic rings. The Morgan fingerprint density at radius 1 is 0.686 bits per heavy atom. The second-order valence-corrected chi connectivity index (χ2v) is 16.6. The molecule has 16 heteroatoms. The molecule has 4 bridgehead atoms. The molecular weight excluding hydrogens is 694 g/mol. The molecule has 2 aliphatic carbocycles. The van der Waals surface area contributed by atoms with Gasteiger partial charge in [-0.1, -0.05) is 20.8 Å². The van der Waals surface area contributed by atoms with Crippen LogP contribution in [0.5, 0.6) is 0 Å². The largest absolute Gasteiger partial charge is 0.456 e. The van der Waals surface area contributed by atoms with Crippen LogP contribution in [0.3, 0.4) is 0 Å². The molecule has 8 heterocycles. The van der Waals surface area contributed by atoms with Crippen LogP contribution in [0.2, 0.25) is 0 Å². The number of fused-ring (bicyclic) bond motifs is 4. The molecule has 0 aromatic carbocycles. The molecule has 2 saturated carbocycles. The predicted molar refractivity (Wildman–Crippen MR) is 160 cm³/mol. The number of alkyl halides is 6. The number of allylic oxidation sites excluding steroid dienone is 1. The third-order valence-electron chi connectivity index (χ3n) is 13.6. The van der Waals surface area contributed by atoms with Crippen molar-refractivity contribution in [2.24, 2.45) is 41.4 Å². The molecule has 51 heavy (non-hydrogen) atoms. The lowest BCUT2D eigenvalue weighted by atomic mass is 9.57. The molecule has 8 aliphatic heterocycles. The first-order valence-electron chi connectivity index (χ1n) is 18.4. The summed E-state index contributed by atoms with van der Waals surface area (Å²) in [5.41, 5.74) is -2.63. The van der Waals surface area contributed by atoms with Gasteiger partial charge < -0.3 is 28.4 Å². The van der Waals surface area contributed by atoms with E-state index in [0.29, 0.717) is 51.4 Å². The van der Waals surface area contributed by atoms with E-state index in [-0.39, 0.29) is 42.3 Å². The van der Waals surface area contributed by atoms with Crippen molar-refractivity contribution in [2.75, 3.05) is 19.8 Å². The summed E-state index contributed by atoms with van der Waals surface area (Å²) < 4.78 is 124. The van der Waals surface area contributed by atoms with Gasteiger partial charge in [-0.05, 0) is 76.5 Å². The standard InChI is InChI=1S/C35H48F6O10/c1-18-7-9-24-20(3)33(35(39,40)41,47-28-31(24)22(18)11-14-30(5,46-28)49-50-31)43-16-6-15-42-17-21-25-10-8-19(2)23-12-13-29(4)45-27(32(23,25)51-48-29)44-26(21)34(36,37)38/h18-20,22-25,27-28H,6-17H2,1-5H3/t18-,19-,20-,22?,23?,24?,25+,27-,28+,29?,30-,31?,32-,33-/m1/s1. The maximum Gasteiger partial charge on any atom is 0.449 e. The molecule has 9 fully saturated rings. The summed E-state index contributed by atoms with van der Waals surface area (Å²) in [7, 11) is 0. The fraction of sp³-hybridized carbons (Fsp3) is 0.943. The van der Waals surface area contributed by atoms with Crippen molar-refractivity contribution in [3.63, 3.8) is 0 Å². The molecule has 0 aromatic heterocycles. The van der Waals surface area contributed by atoms with Gasteiger partial charge in [-0.2, -0.15) is 26.3 Å². The zero-order chi connectivity index (χ0) is 36.4. The second-order valence-electron chi connectivity index (χ2n) is 16.6. The SMILES string of the molecule is C[C@@H]1CCC2[C@@H](C)[C@](OCCCOCC3=C(C(F)(F)F)O[C@@H]4OC5(C)CCC6[C@H](C)CC[C@@H]3[C@]64OO5)(C(F)(F)F)O[C@@H]3O[C@@]4(C)CCC1C23OO4. The highest BCUT2D eigenvalue weighted by Gasteiger charge is 2.77. The van der Waals surface area contributed by atoms with E-state index in [2.05, 4.69) is 6.92 Å². The lowest BCUT2D eigenvalue weighted by Crippen LogP contribution is -2.76. The highest BCUT2D eigenvalue weighted by molar-refractivity contribution is 5.28. The average molecular weight is 743 g/mol. The average Bonchev–Trinajstić information content (AvgIpc) is 3.42. The van der Waals surface area contributed by atoms with Crippen molar-refractivity contribution >= 4 is 0 Å². The normalized spacial score (nSPS) is 50.6. The fourth-order valence-corrected chi connectivity index (χ4v) is 11.0. The van der Waals surface area contributed by atoms with E-state index in [1.807, 2.05) is 6.92 Å². The van der Waals surface area contributed by atoms with Gasteiger partial charge in [-0.15, -0.1) is 0 Å². The van der Waals surface area contributed by atoms with E-state index in [0.717, 1.165) is 0 Å². The van der Waals surface area contributed by atoms with Crippen LogP contribution in [0.15, 0.2) is 11.3 Å². The number of rotatable bonds is 7. The smallest absolute Gasteiger partial charge is 0.449 e. The van der Waals surface area contributed by atoms with Crippen molar-refractivity contribution in [1.82, 2.24) is 0 Å². The molecule has 0 amide bonds. The van der Waals surface area contributed by atoms with E-state index < -0.39 is 90.2 Å². The van der Waals surface area contributed by atoms with Crippen LogP contribution in [0.1, 0.15) is 92.4 Å². The van der Waals surface area contributed by atoms with Crippen LogP contribution in [-0.2, 0) is 48.0 Å². The monoisotopic (exact) mass is 742 g/mol. The van der Waals surface area contributed by atoms with Gasteiger partial charge >= 0.3 is 12.4 Å². The van der Waals surface area contributed by atoms with Gasteiger partial charge in [0.1, 0.15) is 0 Å².